The van der Waals surface area contributed by atoms with E-state index in [1.54, 1.807) is 0 Å². The highest BCUT2D eigenvalue weighted by Gasteiger charge is 2.30. The molecule has 2 atom stereocenters. The molecule has 0 aliphatic rings. The Bertz CT molecular complexity index is 1080. The van der Waals surface area contributed by atoms with Crippen molar-refractivity contribution in [3.8, 4) is 0 Å². The van der Waals surface area contributed by atoms with Crippen LogP contribution in [0.5, 0.6) is 0 Å². The molecule has 2 aromatic rings. The van der Waals surface area contributed by atoms with Crippen molar-refractivity contribution in [1.82, 2.24) is 10.2 Å². The second-order valence-corrected chi connectivity index (χ2v) is 9.80. The normalized spacial score (nSPS) is 13.2. The summed E-state index contributed by atoms with van der Waals surface area (Å²) < 4.78 is 52.6. The van der Waals surface area contributed by atoms with E-state index in [1.807, 2.05) is 13.8 Å². The van der Waals surface area contributed by atoms with Crippen molar-refractivity contribution in [3.05, 3.63) is 65.7 Å². The van der Waals surface area contributed by atoms with Gasteiger partial charge in [-0.2, -0.15) is 0 Å². The summed E-state index contributed by atoms with van der Waals surface area (Å²) in [6, 6.07) is 9.26. The molecule has 0 aliphatic carbocycles. The zero-order chi connectivity index (χ0) is 24.8. The van der Waals surface area contributed by atoms with Crippen LogP contribution in [-0.4, -0.2) is 50.0 Å². The minimum Gasteiger partial charge on any atom is -0.352 e. The fraction of sp³-hybridized carbons (Fsp3) is 0.391. The van der Waals surface area contributed by atoms with E-state index in [-0.39, 0.29) is 18.3 Å². The van der Waals surface area contributed by atoms with Crippen LogP contribution in [0.3, 0.4) is 0 Å². The Morgan fingerprint density at radius 1 is 1.03 bits per heavy atom. The van der Waals surface area contributed by atoms with Gasteiger partial charge in [0.25, 0.3) is 0 Å². The second-order valence-electron chi connectivity index (χ2n) is 7.89. The van der Waals surface area contributed by atoms with Crippen molar-refractivity contribution >= 4 is 27.5 Å². The van der Waals surface area contributed by atoms with E-state index in [1.165, 1.54) is 48.2 Å². The van der Waals surface area contributed by atoms with E-state index in [9.17, 15) is 26.8 Å². The smallest absolute Gasteiger partial charge is 0.244 e. The maximum absolute atomic E-state index is 13.7. The molecule has 0 fully saturated rings. The highest BCUT2D eigenvalue weighted by atomic mass is 32.2. The molecule has 7 nitrogen and oxygen atoms in total. The lowest BCUT2D eigenvalue weighted by Crippen LogP contribution is -2.52. The highest BCUT2D eigenvalue weighted by Crippen LogP contribution is 2.20. The molecule has 2 amide bonds. The summed E-state index contributed by atoms with van der Waals surface area (Å²) in [6.07, 6.45) is 1.60. The van der Waals surface area contributed by atoms with Gasteiger partial charge in [-0.25, -0.2) is 17.2 Å². The number of nitrogens with zero attached hydrogens (tertiary/aromatic N) is 2. The zero-order valence-corrected chi connectivity index (χ0v) is 19.9. The Labute approximate surface area is 193 Å². The summed E-state index contributed by atoms with van der Waals surface area (Å²) in [4.78, 5) is 27.3. The number of benzene rings is 2. The van der Waals surface area contributed by atoms with Gasteiger partial charge in [0, 0.05) is 12.6 Å². The van der Waals surface area contributed by atoms with Crippen LogP contribution >= 0.6 is 0 Å². The van der Waals surface area contributed by atoms with E-state index < -0.39 is 46.1 Å². The zero-order valence-electron chi connectivity index (χ0n) is 19.1. The maximum Gasteiger partial charge on any atom is 0.244 e. The van der Waals surface area contributed by atoms with Gasteiger partial charge < -0.3 is 10.2 Å². The van der Waals surface area contributed by atoms with Crippen LogP contribution in [0.2, 0.25) is 0 Å². The summed E-state index contributed by atoms with van der Waals surface area (Å²) in [7, 11) is -3.94. The molecule has 10 heteroatoms. The maximum atomic E-state index is 13.7. The van der Waals surface area contributed by atoms with Gasteiger partial charge in [-0.05, 0) is 56.2 Å². The Hall–Kier alpha value is -3.01. The van der Waals surface area contributed by atoms with E-state index >= 15 is 0 Å². The van der Waals surface area contributed by atoms with Crippen LogP contribution in [-0.2, 0) is 26.2 Å². The fourth-order valence-electron chi connectivity index (χ4n) is 3.08. The topological polar surface area (TPSA) is 86.8 Å². The van der Waals surface area contributed by atoms with Gasteiger partial charge in [-0.1, -0.05) is 25.1 Å². The number of hydrogen-bond donors (Lipinski definition) is 1. The van der Waals surface area contributed by atoms with Gasteiger partial charge in [0.1, 0.15) is 24.2 Å². The molecule has 2 rings (SSSR count). The van der Waals surface area contributed by atoms with Gasteiger partial charge in [0.15, 0.2) is 0 Å². The number of nitrogens with one attached hydrogen (secondary N) is 1. The molecule has 0 spiro atoms. The molecule has 2 unspecified atom stereocenters. The van der Waals surface area contributed by atoms with Crippen LogP contribution in [0.4, 0.5) is 14.5 Å². The Morgan fingerprint density at radius 3 is 2.21 bits per heavy atom. The first kappa shape index (κ1) is 26.2. The standard InChI is InChI=1S/C23H29F2N3O4S/c1-5-16(2)26-23(30)17(3)27(14-18-9-11-19(24)12-10-18)22(29)15-28(33(4,31)32)21-8-6-7-20(25)13-21/h6-13,16-17H,5,14-15H2,1-4H3,(H,26,30). The fourth-order valence-corrected chi connectivity index (χ4v) is 3.92. The van der Waals surface area contributed by atoms with Gasteiger partial charge >= 0.3 is 0 Å². The van der Waals surface area contributed by atoms with Crippen LogP contribution in [0.15, 0.2) is 48.5 Å². The monoisotopic (exact) mass is 481 g/mol. The van der Waals surface area contributed by atoms with Crippen molar-refractivity contribution < 1.29 is 26.8 Å². The molecule has 0 heterocycles. The molecule has 0 saturated heterocycles. The van der Waals surface area contributed by atoms with Crippen molar-refractivity contribution in [2.24, 2.45) is 0 Å². The number of halogens is 2. The van der Waals surface area contributed by atoms with E-state index in [0.717, 1.165) is 22.7 Å². The number of anilines is 1. The van der Waals surface area contributed by atoms with Crippen molar-refractivity contribution in [3.63, 3.8) is 0 Å². The number of hydrogen-bond acceptors (Lipinski definition) is 4. The molecular weight excluding hydrogens is 452 g/mol. The van der Waals surface area contributed by atoms with Crippen LogP contribution < -0.4 is 9.62 Å². The first-order valence-electron chi connectivity index (χ1n) is 10.5. The van der Waals surface area contributed by atoms with Gasteiger partial charge in [0.05, 0.1) is 11.9 Å². The number of amides is 2. The minimum absolute atomic E-state index is 0.00991. The second kappa shape index (κ2) is 11.2. The quantitative estimate of drug-likeness (QED) is 0.565. The largest absolute Gasteiger partial charge is 0.352 e. The van der Waals surface area contributed by atoms with Crippen LogP contribution in [0.25, 0.3) is 0 Å². The Balaban J connectivity index is 2.37. The molecular formula is C23H29F2N3O4S. The lowest BCUT2D eigenvalue weighted by atomic mass is 10.1. The Morgan fingerprint density at radius 2 is 1.67 bits per heavy atom. The number of carbonyl (C=O) groups excluding carboxylic acids is 2. The lowest BCUT2D eigenvalue weighted by Gasteiger charge is -2.32. The Kier molecular flexibility index (Phi) is 8.92. The van der Waals surface area contributed by atoms with E-state index in [2.05, 4.69) is 5.32 Å². The predicted molar refractivity (Wildman–Crippen MR) is 123 cm³/mol. The third kappa shape index (κ3) is 7.52. The molecule has 2 aromatic carbocycles. The number of sulfonamides is 1. The highest BCUT2D eigenvalue weighted by molar-refractivity contribution is 7.92. The molecule has 0 radical (unpaired) electrons. The third-order valence-corrected chi connectivity index (χ3v) is 6.35. The minimum atomic E-state index is -3.94. The first-order chi connectivity index (χ1) is 15.4. The van der Waals surface area contributed by atoms with Gasteiger partial charge in [0.2, 0.25) is 21.8 Å². The molecule has 33 heavy (non-hydrogen) atoms. The van der Waals surface area contributed by atoms with E-state index in [0.29, 0.717) is 12.0 Å². The van der Waals surface area contributed by atoms with Crippen molar-refractivity contribution in [2.45, 2.75) is 45.8 Å². The van der Waals surface area contributed by atoms with Crippen molar-refractivity contribution in [1.29, 1.82) is 0 Å². The molecule has 180 valence electrons. The SMILES string of the molecule is CCC(C)NC(=O)C(C)N(Cc1ccc(F)cc1)C(=O)CN(c1cccc(F)c1)S(C)(=O)=O. The molecule has 0 aliphatic heterocycles. The van der Waals surface area contributed by atoms with Gasteiger partial charge in [-0.15, -0.1) is 0 Å². The summed E-state index contributed by atoms with van der Waals surface area (Å²) in [5.41, 5.74) is 0.550. The van der Waals surface area contributed by atoms with E-state index in [4.69, 9.17) is 0 Å². The molecule has 1 N–H and O–H groups in total. The summed E-state index contributed by atoms with van der Waals surface area (Å²) in [6.45, 7) is 4.58. The molecule has 0 saturated carbocycles. The summed E-state index contributed by atoms with van der Waals surface area (Å²) in [5.74, 6) is -2.18. The molecule has 0 aromatic heterocycles. The van der Waals surface area contributed by atoms with Gasteiger partial charge in [-0.3, -0.25) is 13.9 Å². The first-order valence-corrected chi connectivity index (χ1v) is 12.3. The van der Waals surface area contributed by atoms with Crippen LogP contribution in [0, 0.1) is 11.6 Å². The summed E-state index contributed by atoms with van der Waals surface area (Å²) in [5, 5.41) is 2.81. The average Bonchev–Trinajstić information content (AvgIpc) is 2.75. The number of carbonyl (C=O) groups is 2. The number of rotatable bonds is 10. The average molecular weight is 482 g/mol. The summed E-state index contributed by atoms with van der Waals surface area (Å²) >= 11 is 0. The molecule has 0 bridgehead atoms. The third-order valence-electron chi connectivity index (χ3n) is 5.21. The van der Waals surface area contributed by atoms with Crippen molar-refractivity contribution in [2.75, 3.05) is 17.1 Å². The lowest BCUT2D eigenvalue weighted by molar-refractivity contribution is -0.139. The van der Waals surface area contributed by atoms with Crippen LogP contribution in [0.1, 0.15) is 32.8 Å². The predicted octanol–water partition coefficient (Wildman–Crippen LogP) is 3.06.